The van der Waals surface area contributed by atoms with Crippen LogP contribution in [0.2, 0.25) is 0 Å². The summed E-state index contributed by atoms with van der Waals surface area (Å²) in [5.74, 6) is -2.21. The van der Waals surface area contributed by atoms with Crippen molar-refractivity contribution < 1.29 is 33.4 Å². The zero-order valence-corrected chi connectivity index (χ0v) is 39.4. The Kier molecular flexibility index (Phi) is 14.6. The van der Waals surface area contributed by atoms with Crippen LogP contribution in [0, 0.1) is 11.3 Å². The summed E-state index contributed by atoms with van der Waals surface area (Å²) >= 11 is 0. The summed E-state index contributed by atoms with van der Waals surface area (Å²) in [4.78, 5) is 79.3. The molecule has 1 unspecified atom stereocenters. The third kappa shape index (κ3) is 10.1. The second-order valence-corrected chi connectivity index (χ2v) is 19.3. The van der Waals surface area contributed by atoms with Crippen LogP contribution >= 0.6 is 0 Å². The van der Waals surface area contributed by atoms with Gasteiger partial charge in [-0.15, -0.1) is 0 Å². The van der Waals surface area contributed by atoms with Crippen molar-refractivity contribution in [3.63, 3.8) is 0 Å². The van der Waals surface area contributed by atoms with Crippen molar-refractivity contribution in [1.29, 1.82) is 0 Å². The molecule has 0 radical (unpaired) electrons. The Balaban J connectivity index is 1.25. The number of esters is 1. The number of nitrogens with one attached hydrogen (secondary N) is 2. The minimum Gasteiger partial charge on any atom is -0.464 e. The first kappa shape index (κ1) is 47.6. The fourth-order valence-electron chi connectivity index (χ4n) is 10.4. The number of carbonyl (C=O) groups is 5. The molecule has 3 aromatic rings. The first-order chi connectivity index (χ1) is 31.0. The van der Waals surface area contributed by atoms with Crippen molar-refractivity contribution in [2.45, 2.75) is 110 Å². The highest BCUT2D eigenvalue weighted by Gasteiger charge is 2.40. The Bertz CT molecular complexity index is 2320. The number of piperidine rings is 1. The highest BCUT2D eigenvalue weighted by Crippen LogP contribution is 2.42. The number of likely N-dealkylation sites (tertiary alicyclic amines) is 1. The fourth-order valence-corrected chi connectivity index (χ4v) is 10.4. The van der Waals surface area contributed by atoms with Crippen LogP contribution in [0.1, 0.15) is 95.6 Å². The number of hydrazine groups is 1. The third-order valence-corrected chi connectivity index (χ3v) is 13.8. The SMILES string of the molecule is C=CC(=O)N1CC[C@H](C(=O)N(C)[C@@H](C(=C)C)C(=O)N[C@H]2CN3CCC[C@H](C3)c3ccc4c(c3)c(c(-c3cccnc3[C@H](C)OC)n4CC)CC(C)(C)COC(=O)[C@@H]3CCCN(N3)C2=O)C1. The molecule has 0 saturated carbocycles. The molecule has 4 aliphatic heterocycles. The molecule has 6 bridgehead atoms. The Morgan fingerprint density at radius 3 is 2.58 bits per heavy atom. The van der Waals surface area contributed by atoms with Gasteiger partial charge in [0.15, 0.2) is 0 Å². The van der Waals surface area contributed by atoms with Crippen LogP contribution in [0.3, 0.4) is 0 Å². The van der Waals surface area contributed by atoms with E-state index < -0.39 is 41.3 Å². The van der Waals surface area contributed by atoms with Gasteiger partial charge in [0.2, 0.25) is 17.7 Å². The maximum absolute atomic E-state index is 14.7. The molecule has 7 atom stereocenters. The monoisotopic (exact) mass is 893 g/mol. The van der Waals surface area contributed by atoms with E-state index in [9.17, 15) is 24.0 Å². The lowest BCUT2D eigenvalue weighted by Gasteiger charge is -2.39. The van der Waals surface area contributed by atoms with E-state index in [0.29, 0.717) is 50.9 Å². The first-order valence-electron chi connectivity index (χ1n) is 23.3. The van der Waals surface area contributed by atoms with Gasteiger partial charge in [-0.1, -0.05) is 33.1 Å². The largest absolute Gasteiger partial charge is 0.464 e. The summed E-state index contributed by atoms with van der Waals surface area (Å²) in [6, 6.07) is 8.03. The second-order valence-electron chi connectivity index (χ2n) is 19.3. The Morgan fingerprint density at radius 2 is 1.86 bits per heavy atom. The number of fused-ring (bicyclic) bond motifs is 6. The van der Waals surface area contributed by atoms with E-state index in [0.717, 1.165) is 59.3 Å². The van der Waals surface area contributed by atoms with E-state index in [2.05, 4.69) is 78.4 Å². The van der Waals surface area contributed by atoms with E-state index in [-0.39, 0.29) is 49.4 Å². The number of nitrogens with zero attached hydrogens (tertiary/aromatic N) is 6. The van der Waals surface area contributed by atoms with Gasteiger partial charge < -0.3 is 34.1 Å². The molecule has 2 N–H and O–H groups in total. The molecule has 15 nitrogen and oxygen atoms in total. The number of rotatable bonds is 10. The van der Waals surface area contributed by atoms with Gasteiger partial charge in [-0.05, 0) is 119 Å². The molecule has 4 amide bonds. The van der Waals surface area contributed by atoms with Crippen molar-refractivity contribution in [2.24, 2.45) is 11.3 Å². The van der Waals surface area contributed by atoms with Crippen molar-refractivity contribution in [3.8, 4) is 11.3 Å². The van der Waals surface area contributed by atoms with Crippen LogP contribution < -0.4 is 10.7 Å². The van der Waals surface area contributed by atoms with Crippen LogP contribution in [0.15, 0.2) is 61.3 Å². The number of carbonyl (C=O) groups excluding carboxylic acids is 5. The average Bonchev–Trinajstić information content (AvgIpc) is 3.92. The van der Waals surface area contributed by atoms with Crippen LogP contribution in [-0.2, 0) is 46.4 Å². The molecule has 0 aliphatic carbocycles. The van der Waals surface area contributed by atoms with Crippen molar-refractivity contribution in [1.82, 2.24) is 40.0 Å². The minimum atomic E-state index is -1.07. The number of ether oxygens (including phenoxy) is 2. The van der Waals surface area contributed by atoms with Crippen LogP contribution in [0.25, 0.3) is 22.2 Å². The van der Waals surface area contributed by atoms with Crippen LogP contribution in [-0.4, -0.2) is 137 Å². The van der Waals surface area contributed by atoms with Gasteiger partial charge in [0.25, 0.3) is 5.91 Å². The summed E-state index contributed by atoms with van der Waals surface area (Å²) < 4.78 is 14.3. The Hall–Kier alpha value is -5.38. The molecule has 3 fully saturated rings. The second kappa shape index (κ2) is 20.0. The lowest BCUT2D eigenvalue weighted by molar-refractivity contribution is -0.155. The number of cyclic esters (lactones) is 1. The number of hydrogen-bond donors (Lipinski definition) is 2. The Labute approximate surface area is 383 Å². The average molecular weight is 893 g/mol. The van der Waals surface area contributed by atoms with E-state index in [1.807, 2.05) is 13.0 Å². The maximum Gasteiger partial charge on any atom is 0.324 e. The molecular weight excluding hydrogens is 825 g/mol. The molecule has 6 heterocycles. The molecule has 4 aliphatic rings. The van der Waals surface area contributed by atoms with E-state index >= 15 is 0 Å². The van der Waals surface area contributed by atoms with Crippen molar-refractivity contribution in [2.75, 3.05) is 60.0 Å². The van der Waals surface area contributed by atoms with Crippen LogP contribution in [0.5, 0.6) is 0 Å². The van der Waals surface area contributed by atoms with Gasteiger partial charge in [-0.2, -0.15) is 0 Å². The molecule has 2 aromatic heterocycles. The summed E-state index contributed by atoms with van der Waals surface area (Å²) in [5, 5.41) is 5.65. The van der Waals surface area contributed by atoms with Gasteiger partial charge in [-0.25, -0.2) is 5.43 Å². The Morgan fingerprint density at radius 1 is 1.09 bits per heavy atom. The normalized spacial score (nSPS) is 24.7. The third-order valence-electron chi connectivity index (χ3n) is 13.8. The molecular formula is C50H68N8O7. The van der Waals surface area contributed by atoms with Gasteiger partial charge >= 0.3 is 5.97 Å². The fraction of sp³-hybridized carbons (Fsp3) is 0.560. The van der Waals surface area contributed by atoms with Crippen molar-refractivity contribution in [3.05, 3.63) is 78.2 Å². The highest BCUT2D eigenvalue weighted by molar-refractivity contribution is 5.95. The zero-order valence-electron chi connectivity index (χ0n) is 39.4. The van der Waals surface area contributed by atoms with Gasteiger partial charge in [0.1, 0.15) is 18.1 Å². The number of pyridine rings is 1. The topological polar surface area (TPSA) is 159 Å². The summed E-state index contributed by atoms with van der Waals surface area (Å²) in [6.07, 6.45) is 6.78. The molecule has 65 heavy (non-hydrogen) atoms. The smallest absolute Gasteiger partial charge is 0.324 e. The predicted octanol–water partition coefficient (Wildman–Crippen LogP) is 5.15. The lowest BCUT2D eigenvalue weighted by atomic mass is 9.83. The van der Waals surface area contributed by atoms with Gasteiger partial charge in [-0.3, -0.25) is 34.0 Å². The van der Waals surface area contributed by atoms with Gasteiger partial charge in [0.05, 0.1) is 30.0 Å². The van der Waals surface area contributed by atoms with E-state index in [1.54, 1.807) is 32.2 Å². The molecule has 7 rings (SSSR count). The van der Waals surface area contributed by atoms with Gasteiger partial charge in [0, 0.05) is 81.5 Å². The molecule has 15 heteroatoms. The number of aryl methyl sites for hydroxylation is 1. The first-order valence-corrected chi connectivity index (χ1v) is 23.3. The summed E-state index contributed by atoms with van der Waals surface area (Å²) in [7, 11) is 3.27. The minimum absolute atomic E-state index is 0.151. The molecule has 1 aromatic carbocycles. The highest BCUT2D eigenvalue weighted by atomic mass is 16.5. The van der Waals surface area contributed by atoms with E-state index in [1.165, 1.54) is 21.5 Å². The molecule has 0 spiro atoms. The zero-order chi connectivity index (χ0) is 46.7. The maximum atomic E-state index is 14.7. The lowest BCUT2D eigenvalue weighted by Crippen LogP contribution is -2.63. The number of likely N-dealkylation sites (N-methyl/N-ethyl adjacent to an activating group) is 1. The number of amides is 4. The predicted molar refractivity (Wildman–Crippen MR) is 249 cm³/mol. The number of hydrogen-bond acceptors (Lipinski definition) is 10. The van der Waals surface area contributed by atoms with E-state index in [4.69, 9.17) is 14.5 Å². The number of benzene rings is 1. The number of methoxy groups -OCH3 is 1. The molecule has 350 valence electrons. The number of aromatic nitrogens is 2. The van der Waals surface area contributed by atoms with Crippen LogP contribution in [0.4, 0.5) is 0 Å². The summed E-state index contributed by atoms with van der Waals surface area (Å²) in [6.45, 7) is 21.2. The standard InChI is InChI=1S/C50H68N8O7/c1-10-42(59)56-24-20-35(28-56)47(61)54(8)44(31(3)4)46(60)52-40-29-55-22-13-15-34(27-55)33-18-19-41-37(25-33)38(45(57(41)11-2)36-16-12-21-51-43(36)32(5)64-9)26-50(6,7)30-65-49(63)39-17-14-23-58(53-39)48(40)62/h10,12,16,18-19,21,25,32,34-35,39-40,44,53H,1,3,11,13-15,17,20,22-24,26-30H2,2,4-9H3,(H,52,60)/t32-,34+,35-,39-,40-,44-/m0/s1. The van der Waals surface area contributed by atoms with Crippen molar-refractivity contribution >= 4 is 40.5 Å². The quantitative estimate of drug-likeness (QED) is 0.159. The summed E-state index contributed by atoms with van der Waals surface area (Å²) in [5.41, 5.74) is 9.55. The molecule has 3 saturated heterocycles.